The lowest BCUT2D eigenvalue weighted by molar-refractivity contribution is 0.102. The number of H-pyrrole nitrogens is 1. The summed E-state index contributed by atoms with van der Waals surface area (Å²) >= 11 is 5.90. The van der Waals surface area contributed by atoms with Crippen LogP contribution in [0.25, 0.3) is 11.3 Å². The number of hydrogen-bond donors (Lipinski definition) is 2. The van der Waals surface area contributed by atoms with Crippen molar-refractivity contribution >= 4 is 33.2 Å². The zero-order chi connectivity index (χ0) is 19.9. The summed E-state index contributed by atoms with van der Waals surface area (Å²) in [4.78, 5) is 12.7. The van der Waals surface area contributed by atoms with Crippen LogP contribution >= 0.6 is 11.6 Å². The number of carbonyl (C=O) groups excluding carboxylic acids is 1. The first-order chi connectivity index (χ1) is 13.3. The summed E-state index contributed by atoms with van der Waals surface area (Å²) in [5, 5.41) is 14.7. The Balaban J connectivity index is 1.54. The number of nitrogens with one attached hydrogen (secondary N) is 2. The number of halogens is 1. The Bertz CT molecular complexity index is 1130. The number of aromatic amines is 1. The molecular weight excluding hydrogens is 402 g/mol. The molecule has 0 radical (unpaired) electrons. The van der Waals surface area contributed by atoms with Gasteiger partial charge in [-0.2, -0.15) is 10.2 Å². The van der Waals surface area contributed by atoms with Gasteiger partial charge < -0.3 is 5.32 Å². The van der Waals surface area contributed by atoms with Crippen molar-refractivity contribution in [1.29, 1.82) is 0 Å². The van der Waals surface area contributed by atoms with Gasteiger partial charge in [0.25, 0.3) is 5.91 Å². The smallest absolute Gasteiger partial charge is 0.274 e. The van der Waals surface area contributed by atoms with Crippen molar-refractivity contribution in [2.24, 2.45) is 0 Å². The van der Waals surface area contributed by atoms with Crippen molar-refractivity contribution in [3.8, 4) is 11.3 Å². The summed E-state index contributed by atoms with van der Waals surface area (Å²) in [5.74, 6) is 0.249. The van der Waals surface area contributed by atoms with Crippen LogP contribution in [0.4, 0.5) is 5.82 Å². The van der Waals surface area contributed by atoms with E-state index in [0.717, 1.165) is 5.56 Å². The number of amides is 1. The third-order valence-corrected chi connectivity index (χ3v) is 6.62. The van der Waals surface area contributed by atoms with E-state index in [0.29, 0.717) is 28.6 Å². The Kier molecular flexibility index (Phi) is 4.72. The molecule has 8 nitrogen and oxygen atoms in total. The number of anilines is 1. The third kappa shape index (κ3) is 3.81. The van der Waals surface area contributed by atoms with Crippen molar-refractivity contribution in [3.05, 3.63) is 52.8 Å². The molecule has 146 valence electrons. The average Bonchev–Trinajstić information content (AvgIpc) is 3.34. The molecule has 10 heteroatoms. The largest absolute Gasteiger partial charge is 0.305 e. The van der Waals surface area contributed by atoms with Crippen molar-refractivity contribution in [2.45, 2.75) is 19.4 Å². The first-order valence-electron chi connectivity index (χ1n) is 8.70. The normalized spacial score (nSPS) is 18.3. The van der Waals surface area contributed by atoms with Gasteiger partial charge in [0.2, 0.25) is 0 Å². The predicted octanol–water partition coefficient (Wildman–Crippen LogP) is 2.85. The van der Waals surface area contributed by atoms with Gasteiger partial charge in [0.15, 0.2) is 9.84 Å². The molecule has 1 aromatic carbocycles. The lowest BCUT2D eigenvalue weighted by Gasteiger charge is -2.13. The van der Waals surface area contributed by atoms with Gasteiger partial charge in [-0.25, -0.2) is 13.1 Å². The number of aromatic nitrogens is 4. The molecule has 3 aromatic rings. The maximum absolute atomic E-state index is 12.7. The number of hydrogen-bond acceptors (Lipinski definition) is 5. The minimum absolute atomic E-state index is 0.0295. The molecule has 1 amide bonds. The van der Waals surface area contributed by atoms with Crippen LogP contribution in [-0.2, 0) is 9.84 Å². The summed E-state index contributed by atoms with van der Waals surface area (Å²) in [6.07, 6.45) is 0.483. The van der Waals surface area contributed by atoms with Crippen molar-refractivity contribution in [3.63, 3.8) is 0 Å². The fourth-order valence-electron chi connectivity index (χ4n) is 3.25. The highest BCUT2D eigenvalue weighted by molar-refractivity contribution is 7.91. The standard InChI is InChI=1S/C18H18ClN5O3S/c1-11-8-17(24(23-11)14-6-7-28(26,27)10-14)20-18(25)16-9-15(21-22-16)12-2-4-13(19)5-3-12/h2-5,8-9,14H,6-7,10H2,1H3,(H,20,25)(H,21,22). The van der Waals surface area contributed by atoms with E-state index in [1.807, 2.05) is 12.1 Å². The number of nitrogens with zero attached hydrogens (tertiary/aromatic N) is 3. The molecule has 1 saturated heterocycles. The van der Waals surface area contributed by atoms with Crippen LogP contribution in [0.3, 0.4) is 0 Å². The van der Waals surface area contributed by atoms with Crippen LogP contribution in [-0.4, -0.2) is 45.8 Å². The molecule has 0 bridgehead atoms. The minimum Gasteiger partial charge on any atom is -0.305 e. The van der Waals surface area contributed by atoms with E-state index >= 15 is 0 Å². The van der Waals surface area contributed by atoms with Gasteiger partial charge in [-0.1, -0.05) is 23.7 Å². The van der Waals surface area contributed by atoms with Crippen LogP contribution in [0.1, 0.15) is 28.6 Å². The number of benzene rings is 1. The second kappa shape index (κ2) is 7.06. The molecule has 3 heterocycles. The number of rotatable bonds is 4. The Hall–Kier alpha value is -2.65. The van der Waals surface area contributed by atoms with Crippen LogP contribution in [0.5, 0.6) is 0 Å². The summed E-state index contributed by atoms with van der Waals surface area (Å²) in [5.41, 5.74) is 2.44. The molecule has 1 atom stereocenters. The molecule has 1 fully saturated rings. The minimum atomic E-state index is -3.06. The highest BCUT2D eigenvalue weighted by Gasteiger charge is 2.31. The van der Waals surface area contributed by atoms with E-state index in [1.54, 1.807) is 35.9 Å². The Morgan fingerprint density at radius 1 is 1.29 bits per heavy atom. The van der Waals surface area contributed by atoms with Gasteiger partial charge in [-0.15, -0.1) is 0 Å². The fraction of sp³-hybridized carbons (Fsp3) is 0.278. The molecular formula is C18H18ClN5O3S. The van der Waals surface area contributed by atoms with Crippen LogP contribution < -0.4 is 5.32 Å². The average molecular weight is 420 g/mol. The van der Waals surface area contributed by atoms with Crippen LogP contribution in [0.2, 0.25) is 5.02 Å². The molecule has 0 aliphatic carbocycles. The van der Waals surface area contributed by atoms with Crippen molar-refractivity contribution in [2.75, 3.05) is 16.8 Å². The highest BCUT2D eigenvalue weighted by atomic mass is 35.5. The zero-order valence-corrected chi connectivity index (χ0v) is 16.6. The van der Waals surface area contributed by atoms with E-state index < -0.39 is 9.84 Å². The molecule has 1 unspecified atom stereocenters. The lowest BCUT2D eigenvalue weighted by atomic mass is 10.1. The summed E-state index contributed by atoms with van der Waals surface area (Å²) < 4.78 is 25.2. The Labute approximate surface area is 166 Å². The number of carbonyl (C=O) groups is 1. The third-order valence-electron chi connectivity index (χ3n) is 4.62. The number of aryl methyl sites for hydroxylation is 1. The first kappa shape index (κ1) is 18.7. The second-order valence-electron chi connectivity index (χ2n) is 6.80. The molecule has 0 saturated carbocycles. The Morgan fingerprint density at radius 2 is 2.04 bits per heavy atom. The summed E-state index contributed by atoms with van der Waals surface area (Å²) in [7, 11) is -3.06. The van der Waals surface area contributed by atoms with Crippen LogP contribution in [0.15, 0.2) is 36.4 Å². The van der Waals surface area contributed by atoms with Crippen molar-refractivity contribution < 1.29 is 13.2 Å². The summed E-state index contributed by atoms with van der Waals surface area (Å²) in [6.45, 7) is 1.80. The van der Waals surface area contributed by atoms with Gasteiger partial charge >= 0.3 is 0 Å². The van der Waals surface area contributed by atoms with Crippen LogP contribution in [0, 0.1) is 6.92 Å². The quantitative estimate of drug-likeness (QED) is 0.675. The monoisotopic (exact) mass is 419 g/mol. The SMILES string of the molecule is Cc1cc(NC(=O)c2cc(-c3ccc(Cl)cc3)n[nH]2)n(C2CCS(=O)(=O)C2)n1. The van der Waals surface area contributed by atoms with E-state index in [1.165, 1.54) is 0 Å². The highest BCUT2D eigenvalue weighted by Crippen LogP contribution is 2.27. The van der Waals surface area contributed by atoms with E-state index in [4.69, 9.17) is 11.6 Å². The maximum Gasteiger partial charge on any atom is 0.274 e. The zero-order valence-electron chi connectivity index (χ0n) is 15.0. The van der Waals surface area contributed by atoms with Gasteiger partial charge in [0.05, 0.1) is 28.9 Å². The lowest BCUT2D eigenvalue weighted by Crippen LogP contribution is -2.19. The molecule has 1 aliphatic rings. The van der Waals surface area contributed by atoms with Gasteiger partial charge in [0, 0.05) is 16.7 Å². The number of sulfone groups is 1. The van der Waals surface area contributed by atoms with E-state index in [2.05, 4.69) is 20.6 Å². The molecule has 4 rings (SSSR count). The molecule has 1 aliphatic heterocycles. The molecule has 0 spiro atoms. The first-order valence-corrected chi connectivity index (χ1v) is 10.9. The van der Waals surface area contributed by atoms with Gasteiger partial charge in [-0.05, 0) is 31.5 Å². The second-order valence-corrected chi connectivity index (χ2v) is 9.47. The van der Waals surface area contributed by atoms with Gasteiger partial charge in [-0.3, -0.25) is 9.89 Å². The Morgan fingerprint density at radius 3 is 2.71 bits per heavy atom. The maximum atomic E-state index is 12.7. The molecule has 28 heavy (non-hydrogen) atoms. The van der Waals surface area contributed by atoms with E-state index in [-0.39, 0.29) is 29.1 Å². The van der Waals surface area contributed by atoms with E-state index in [9.17, 15) is 13.2 Å². The molecule has 2 aromatic heterocycles. The predicted molar refractivity (Wildman–Crippen MR) is 106 cm³/mol. The molecule has 2 N–H and O–H groups in total. The van der Waals surface area contributed by atoms with Crippen molar-refractivity contribution in [1.82, 2.24) is 20.0 Å². The van der Waals surface area contributed by atoms with Gasteiger partial charge in [0.1, 0.15) is 11.5 Å². The fourth-order valence-corrected chi connectivity index (χ4v) is 5.06. The summed E-state index contributed by atoms with van der Waals surface area (Å²) in [6, 6.07) is 10.2. The topological polar surface area (TPSA) is 110 Å².